The van der Waals surface area contributed by atoms with Crippen molar-refractivity contribution in [2.24, 2.45) is 11.1 Å². The lowest BCUT2D eigenvalue weighted by Crippen LogP contribution is -2.54. The van der Waals surface area contributed by atoms with E-state index in [9.17, 15) is 13.2 Å². The van der Waals surface area contributed by atoms with Gasteiger partial charge >= 0.3 is 6.18 Å². The highest BCUT2D eigenvalue weighted by Gasteiger charge is 2.51. The Morgan fingerprint density at radius 3 is 2.44 bits per heavy atom. The van der Waals surface area contributed by atoms with Crippen molar-refractivity contribution >= 4 is 0 Å². The summed E-state index contributed by atoms with van der Waals surface area (Å²) >= 11 is 0. The van der Waals surface area contributed by atoms with E-state index in [0.29, 0.717) is 12.0 Å². The van der Waals surface area contributed by atoms with E-state index in [2.05, 4.69) is 0 Å². The lowest BCUT2D eigenvalue weighted by Gasteiger charge is -2.53. The second kappa shape index (κ2) is 4.26. The zero-order chi connectivity index (χ0) is 13.6. The summed E-state index contributed by atoms with van der Waals surface area (Å²) < 4.78 is 39.0. The van der Waals surface area contributed by atoms with E-state index in [0.717, 1.165) is 12.5 Å². The molecular weight excluding hydrogens is 239 g/mol. The molecule has 1 fully saturated rings. The maximum absolute atomic E-state index is 13.0. The Labute approximate surface area is 105 Å². The van der Waals surface area contributed by atoms with Crippen molar-refractivity contribution in [1.82, 2.24) is 0 Å². The van der Waals surface area contributed by atoms with Crippen molar-refractivity contribution in [2.75, 3.05) is 0 Å². The molecule has 0 amide bonds. The Morgan fingerprint density at radius 1 is 1.33 bits per heavy atom. The minimum atomic E-state index is -4.29. The molecule has 0 aliphatic heterocycles. The van der Waals surface area contributed by atoms with Crippen molar-refractivity contribution < 1.29 is 13.2 Å². The van der Waals surface area contributed by atoms with E-state index < -0.39 is 11.7 Å². The molecule has 2 rings (SSSR count). The van der Waals surface area contributed by atoms with E-state index >= 15 is 0 Å². The highest BCUT2D eigenvalue weighted by molar-refractivity contribution is 5.37. The SMILES string of the molecule is CCC1(C)C(N)CC1c1ccccc1C(F)(F)F. The summed E-state index contributed by atoms with van der Waals surface area (Å²) in [5, 5.41) is 0. The van der Waals surface area contributed by atoms with Crippen LogP contribution in [0.1, 0.15) is 43.7 Å². The molecule has 3 unspecified atom stereocenters. The lowest BCUT2D eigenvalue weighted by molar-refractivity contribution is -0.139. The number of halogens is 3. The number of hydrogen-bond acceptors (Lipinski definition) is 1. The number of benzene rings is 1. The maximum atomic E-state index is 13.0. The molecule has 0 saturated heterocycles. The average molecular weight is 257 g/mol. The van der Waals surface area contributed by atoms with E-state index in [4.69, 9.17) is 5.73 Å². The molecule has 1 aliphatic rings. The molecule has 0 heterocycles. The summed E-state index contributed by atoms with van der Waals surface area (Å²) in [4.78, 5) is 0. The topological polar surface area (TPSA) is 26.0 Å². The first kappa shape index (κ1) is 13.4. The molecule has 0 radical (unpaired) electrons. The van der Waals surface area contributed by atoms with Crippen molar-refractivity contribution in [3.8, 4) is 0 Å². The fourth-order valence-electron chi connectivity index (χ4n) is 2.94. The molecule has 4 heteroatoms. The second-order valence-electron chi connectivity index (χ2n) is 5.34. The molecule has 1 aliphatic carbocycles. The molecule has 100 valence electrons. The van der Waals surface area contributed by atoms with Crippen LogP contribution in [0, 0.1) is 5.41 Å². The molecule has 0 bridgehead atoms. The predicted molar refractivity (Wildman–Crippen MR) is 65.2 cm³/mol. The fraction of sp³-hybridized carbons (Fsp3) is 0.571. The normalized spacial score (nSPS) is 32.1. The van der Waals surface area contributed by atoms with Crippen LogP contribution in [0.25, 0.3) is 0 Å². The second-order valence-corrected chi connectivity index (χ2v) is 5.34. The maximum Gasteiger partial charge on any atom is 0.416 e. The lowest BCUT2D eigenvalue weighted by atomic mass is 9.54. The number of nitrogens with two attached hydrogens (primary N) is 1. The first-order chi connectivity index (χ1) is 8.30. The van der Waals surface area contributed by atoms with Gasteiger partial charge in [-0.05, 0) is 35.8 Å². The van der Waals surface area contributed by atoms with Crippen molar-refractivity contribution in [3.05, 3.63) is 35.4 Å². The molecule has 1 aromatic carbocycles. The van der Waals surface area contributed by atoms with Crippen molar-refractivity contribution in [3.63, 3.8) is 0 Å². The quantitative estimate of drug-likeness (QED) is 0.853. The Morgan fingerprint density at radius 2 is 1.94 bits per heavy atom. The summed E-state index contributed by atoms with van der Waals surface area (Å²) in [5.74, 6) is -0.0877. The van der Waals surface area contributed by atoms with Gasteiger partial charge in [0.2, 0.25) is 0 Å². The molecule has 3 atom stereocenters. The van der Waals surface area contributed by atoms with Gasteiger partial charge in [-0.15, -0.1) is 0 Å². The van der Waals surface area contributed by atoms with Gasteiger partial charge in [-0.25, -0.2) is 0 Å². The average Bonchev–Trinajstić information content (AvgIpc) is 2.33. The molecular formula is C14H18F3N. The Bertz CT molecular complexity index is 441. The third-order valence-electron chi connectivity index (χ3n) is 4.54. The Kier molecular flexibility index (Phi) is 3.18. The number of rotatable bonds is 2. The predicted octanol–water partition coefficient (Wildman–Crippen LogP) is 3.94. The molecule has 0 aromatic heterocycles. The van der Waals surface area contributed by atoms with Gasteiger partial charge in [0.1, 0.15) is 0 Å². The van der Waals surface area contributed by atoms with Crippen molar-refractivity contribution in [1.29, 1.82) is 0 Å². The number of hydrogen-bond donors (Lipinski definition) is 1. The Hall–Kier alpha value is -1.03. The monoisotopic (exact) mass is 257 g/mol. The first-order valence-corrected chi connectivity index (χ1v) is 6.22. The van der Waals surface area contributed by atoms with Gasteiger partial charge in [-0.2, -0.15) is 13.2 Å². The van der Waals surface area contributed by atoms with Crippen LogP contribution in [0.15, 0.2) is 24.3 Å². The molecule has 2 N–H and O–H groups in total. The van der Waals surface area contributed by atoms with Gasteiger partial charge in [-0.1, -0.05) is 32.0 Å². The molecule has 1 nitrogen and oxygen atoms in total. The van der Waals surface area contributed by atoms with E-state index in [-0.39, 0.29) is 17.4 Å². The summed E-state index contributed by atoms with van der Waals surface area (Å²) in [6.07, 6.45) is -2.85. The van der Waals surface area contributed by atoms with Crippen LogP contribution < -0.4 is 5.73 Å². The third kappa shape index (κ3) is 1.92. The van der Waals surface area contributed by atoms with Gasteiger partial charge in [0, 0.05) is 6.04 Å². The van der Waals surface area contributed by atoms with Crippen LogP contribution in [0.3, 0.4) is 0 Å². The largest absolute Gasteiger partial charge is 0.416 e. The zero-order valence-electron chi connectivity index (χ0n) is 10.6. The summed E-state index contributed by atoms with van der Waals surface area (Å²) in [5.41, 5.74) is 5.64. The Balaban J connectivity index is 2.42. The van der Waals surface area contributed by atoms with E-state index in [1.165, 1.54) is 6.07 Å². The van der Waals surface area contributed by atoms with Gasteiger partial charge in [0.25, 0.3) is 0 Å². The minimum absolute atomic E-state index is 0.00575. The number of alkyl halides is 3. The zero-order valence-corrected chi connectivity index (χ0v) is 10.6. The standard InChI is InChI=1S/C14H18F3N/c1-3-13(2)11(8-12(13)18)9-6-4-5-7-10(9)14(15,16)17/h4-7,11-12H,3,8,18H2,1-2H3. The highest BCUT2D eigenvalue weighted by Crippen LogP contribution is 2.55. The van der Waals surface area contributed by atoms with Gasteiger partial charge in [0.15, 0.2) is 0 Å². The van der Waals surface area contributed by atoms with Crippen LogP contribution in [0.2, 0.25) is 0 Å². The van der Waals surface area contributed by atoms with E-state index in [1.54, 1.807) is 12.1 Å². The van der Waals surface area contributed by atoms with Crippen LogP contribution in [0.5, 0.6) is 0 Å². The summed E-state index contributed by atoms with van der Waals surface area (Å²) in [6.45, 7) is 3.97. The molecule has 18 heavy (non-hydrogen) atoms. The van der Waals surface area contributed by atoms with Crippen LogP contribution in [-0.4, -0.2) is 6.04 Å². The van der Waals surface area contributed by atoms with Crippen LogP contribution >= 0.6 is 0 Å². The van der Waals surface area contributed by atoms with Gasteiger partial charge in [0.05, 0.1) is 5.56 Å². The first-order valence-electron chi connectivity index (χ1n) is 6.22. The molecule has 1 saturated carbocycles. The van der Waals surface area contributed by atoms with E-state index in [1.807, 2.05) is 13.8 Å². The molecule has 1 aromatic rings. The van der Waals surface area contributed by atoms with Gasteiger partial charge in [-0.3, -0.25) is 0 Å². The van der Waals surface area contributed by atoms with Gasteiger partial charge < -0.3 is 5.73 Å². The van der Waals surface area contributed by atoms with Crippen molar-refractivity contribution in [2.45, 2.75) is 44.8 Å². The fourth-order valence-corrected chi connectivity index (χ4v) is 2.94. The highest BCUT2D eigenvalue weighted by atomic mass is 19.4. The summed E-state index contributed by atoms with van der Waals surface area (Å²) in [7, 11) is 0. The smallest absolute Gasteiger partial charge is 0.327 e. The minimum Gasteiger partial charge on any atom is -0.327 e. The van der Waals surface area contributed by atoms with Crippen LogP contribution in [0.4, 0.5) is 13.2 Å². The summed E-state index contributed by atoms with van der Waals surface area (Å²) in [6, 6.07) is 5.86. The third-order valence-corrected chi connectivity index (χ3v) is 4.54. The van der Waals surface area contributed by atoms with Crippen LogP contribution in [-0.2, 0) is 6.18 Å². The molecule has 0 spiro atoms.